The number of carbonyl (C=O) groups is 1. The highest BCUT2D eigenvalue weighted by molar-refractivity contribution is 5.67. The summed E-state index contributed by atoms with van der Waals surface area (Å²) >= 11 is 0. The summed E-state index contributed by atoms with van der Waals surface area (Å²) in [5.74, 6) is -1.34. The molecule has 1 aromatic rings. The highest BCUT2D eigenvalue weighted by atomic mass is 19.1. The van der Waals surface area contributed by atoms with Gasteiger partial charge in [-0.15, -0.1) is 0 Å². The molecule has 2 N–H and O–H groups in total. The Balaban J connectivity index is 2.90. The van der Waals surface area contributed by atoms with Crippen LogP contribution in [-0.4, -0.2) is 18.1 Å². The number of carboxylic acid groups (broad SMARTS) is 1. The molecule has 1 aromatic carbocycles. The lowest BCUT2D eigenvalue weighted by molar-refractivity contribution is -0.138. The molecule has 0 saturated carbocycles. The van der Waals surface area contributed by atoms with Crippen molar-refractivity contribution in [2.75, 3.05) is 7.05 Å². The fraction of sp³-hybridized carbons (Fsp3) is 0.417. The molecule has 1 rings (SSSR count). The van der Waals surface area contributed by atoms with Crippen molar-refractivity contribution in [2.45, 2.75) is 19.4 Å². The van der Waals surface area contributed by atoms with Gasteiger partial charge in [0.05, 0.1) is 0 Å². The van der Waals surface area contributed by atoms with Gasteiger partial charge in [0.1, 0.15) is 5.82 Å². The summed E-state index contributed by atoms with van der Waals surface area (Å²) < 4.78 is 13.5. The quantitative estimate of drug-likeness (QED) is 0.807. The van der Waals surface area contributed by atoms with Crippen molar-refractivity contribution in [3.05, 3.63) is 35.6 Å². The SMILES string of the molecule is CNC(c1ccccc1F)C(C)CC(=O)O. The van der Waals surface area contributed by atoms with E-state index in [-0.39, 0.29) is 24.2 Å². The molecule has 0 amide bonds. The van der Waals surface area contributed by atoms with Gasteiger partial charge in [-0.25, -0.2) is 4.39 Å². The molecule has 0 fully saturated rings. The van der Waals surface area contributed by atoms with Gasteiger partial charge in [-0.1, -0.05) is 25.1 Å². The summed E-state index contributed by atoms with van der Waals surface area (Å²) in [5.41, 5.74) is 0.513. The van der Waals surface area contributed by atoms with Crippen molar-refractivity contribution in [1.82, 2.24) is 5.32 Å². The van der Waals surface area contributed by atoms with Crippen LogP contribution in [0.5, 0.6) is 0 Å². The third kappa shape index (κ3) is 3.03. The van der Waals surface area contributed by atoms with E-state index in [4.69, 9.17) is 5.11 Å². The molecule has 88 valence electrons. The molecule has 0 bridgehead atoms. The molecule has 4 heteroatoms. The molecule has 0 heterocycles. The van der Waals surface area contributed by atoms with Crippen LogP contribution >= 0.6 is 0 Å². The van der Waals surface area contributed by atoms with Crippen LogP contribution in [0.1, 0.15) is 24.9 Å². The Morgan fingerprint density at radius 3 is 2.62 bits per heavy atom. The lowest BCUT2D eigenvalue weighted by atomic mass is 9.92. The third-order valence-corrected chi connectivity index (χ3v) is 2.62. The Morgan fingerprint density at radius 1 is 1.50 bits per heavy atom. The summed E-state index contributed by atoms with van der Waals surface area (Å²) in [6, 6.07) is 6.14. The fourth-order valence-corrected chi connectivity index (χ4v) is 1.87. The van der Waals surface area contributed by atoms with Gasteiger partial charge < -0.3 is 10.4 Å². The van der Waals surface area contributed by atoms with Gasteiger partial charge in [-0.2, -0.15) is 0 Å². The van der Waals surface area contributed by atoms with Crippen molar-refractivity contribution in [3.63, 3.8) is 0 Å². The maximum atomic E-state index is 13.5. The second kappa shape index (κ2) is 5.61. The first kappa shape index (κ1) is 12.6. The first-order valence-corrected chi connectivity index (χ1v) is 5.19. The van der Waals surface area contributed by atoms with Crippen molar-refractivity contribution >= 4 is 5.97 Å². The normalized spacial score (nSPS) is 14.4. The number of hydrogen-bond donors (Lipinski definition) is 2. The molecular weight excluding hydrogens is 209 g/mol. The van der Waals surface area contributed by atoms with Crippen LogP contribution in [0.4, 0.5) is 4.39 Å². The number of nitrogens with one attached hydrogen (secondary N) is 1. The molecule has 0 aliphatic carbocycles. The molecule has 0 saturated heterocycles. The summed E-state index contributed by atoms with van der Waals surface area (Å²) in [7, 11) is 1.70. The largest absolute Gasteiger partial charge is 0.481 e. The minimum atomic E-state index is -0.871. The molecule has 16 heavy (non-hydrogen) atoms. The number of aliphatic carboxylic acids is 1. The van der Waals surface area contributed by atoms with Gasteiger partial charge in [-0.3, -0.25) is 4.79 Å². The first-order valence-electron chi connectivity index (χ1n) is 5.19. The Hall–Kier alpha value is -1.42. The third-order valence-electron chi connectivity index (χ3n) is 2.62. The Morgan fingerprint density at radius 2 is 2.12 bits per heavy atom. The highest BCUT2D eigenvalue weighted by Crippen LogP contribution is 2.26. The van der Waals surface area contributed by atoms with Gasteiger partial charge in [0.2, 0.25) is 0 Å². The minimum Gasteiger partial charge on any atom is -0.481 e. The first-order chi connectivity index (χ1) is 7.56. The van der Waals surface area contributed by atoms with E-state index in [0.717, 1.165) is 0 Å². The van der Waals surface area contributed by atoms with Crippen LogP contribution in [0.25, 0.3) is 0 Å². The summed E-state index contributed by atoms with van der Waals surface area (Å²) in [6.45, 7) is 1.79. The Kier molecular flexibility index (Phi) is 4.43. The summed E-state index contributed by atoms with van der Waals surface area (Å²) in [6.07, 6.45) is 0.0137. The number of rotatable bonds is 5. The van der Waals surface area contributed by atoms with E-state index in [1.807, 2.05) is 0 Å². The fourth-order valence-electron chi connectivity index (χ4n) is 1.87. The molecule has 2 unspecified atom stereocenters. The molecule has 0 radical (unpaired) electrons. The number of halogens is 1. The van der Waals surface area contributed by atoms with Crippen LogP contribution in [0, 0.1) is 11.7 Å². The predicted octanol–water partition coefficient (Wildman–Crippen LogP) is 2.20. The Bertz CT molecular complexity index is 368. The smallest absolute Gasteiger partial charge is 0.303 e. The zero-order chi connectivity index (χ0) is 12.1. The van der Waals surface area contributed by atoms with E-state index < -0.39 is 5.97 Å². The minimum absolute atomic E-state index is 0.0137. The van der Waals surface area contributed by atoms with Crippen molar-refractivity contribution in [2.24, 2.45) is 5.92 Å². The van der Waals surface area contributed by atoms with E-state index >= 15 is 0 Å². The standard InChI is InChI=1S/C12H16FNO2/c1-8(7-11(15)16)12(14-2)9-5-3-4-6-10(9)13/h3-6,8,12,14H,7H2,1-2H3,(H,15,16). The predicted molar refractivity (Wildman–Crippen MR) is 59.6 cm³/mol. The second-order valence-electron chi connectivity index (χ2n) is 3.86. The molecule has 3 nitrogen and oxygen atoms in total. The van der Waals surface area contributed by atoms with Gasteiger partial charge in [0.25, 0.3) is 0 Å². The van der Waals surface area contributed by atoms with Gasteiger partial charge in [-0.05, 0) is 19.0 Å². The lowest BCUT2D eigenvalue weighted by Crippen LogP contribution is -2.26. The summed E-state index contributed by atoms with van der Waals surface area (Å²) in [4.78, 5) is 10.6. The van der Waals surface area contributed by atoms with Crippen LogP contribution in [0.15, 0.2) is 24.3 Å². The average molecular weight is 225 g/mol. The van der Waals surface area contributed by atoms with E-state index in [0.29, 0.717) is 5.56 Å². The van der Waals surface area contributed by atoms with Crippen LogP contribution in [0.3, 0.4) is 0 Å². The lowest BCUT2D eigenvalue weighted by Gasteiger charge is -2.23. The number of carboxylic acids is 1. The number of hydrogen-bond acceptors (Lipinski definition) is 2. The highest BCUT2D eigenvalue weighted by Gasteiger charge is 2.22. The number of benzene rings is 1. The molecule has 0 aliphatic heterocycles. The topological polar surface area (TPSA) is 49.3 Å². The zero-order valence-electron chi connectivity index (χ0n) is 9.40. The van der Waals surface area contributed by atoms with E-state index in [1.54, 1.807) is 32.2 Å². The molecule has 0 spiro atoms. The van der Waals surface area contributed by atoms with Crippen molar-refractivity contribution in [3.8, 4) is 0 Å². The Labute approximate surface area is 94.3 Å². The molecule has 2 atom stereocenters. The second-order valence-corrected chi connectivity index (χ2v) is 3.86. The summed E-state index contributed by atoms with van der Waals surface area (Å²) in [5, 5.41) is 11.7. The zero-order valence-corrected chi connectivity index (χ0v) is 9.40. The monoisotopic (exact) mass is 225 g/mol. The van der Waals surface area contributed by atoms with Crippen LogP contribution in [0.2, 0.25) is 0 Å². The van der Waals surface area contributed by atoms with Crippen LogP contribution in [-0.2, 0) is 4.79 Å². The van der Waals surface area contributed by atoms with E-state index in [2.05, 4.69) is 5.32 Å². The van der Waals surface area contributed by atoms with Gasteiger partial charge in [0, 0.05) is 18.0 Å². The van der Waals surface area contributed by atoms with E-state index in [1.165, 1.54) is 6.07 Å². The average Bonchev–Trinajstić information content (AvgIpc) is 2.20. The van der Waals surface area contributed by atoms with E-state index in [9.17, 15) is 9.18 Å². The van der Waals surface area contributed by atoms with Crippen LogP contribution < -0.4 is 5.32 Å². The van der Waals surface area contributed by atoms with Gasteiger partial charge in [0.15, 0.2) is 0 Å². The van der Waals surface area contributed by atoms with Crippen molar-refractivity contribution < 1.29 is 14.3 Å². The molecule has 0 aliphatic rings. The van der Waals surface area contributed by atoms with Crippen molar-refractivity contribution in [1.29, 1.82) is 0 Å². The maximum Gasteiger partial charge on any atom is 0.303 e. The maximum absolute atomic E-state index is 13.5. The van der Waals surface area contributed by atoms with Gasteiger partial charge >= 0.3 is 5.97 Å². The molecule has 0 aromatic heterocycles. The molecular formula is C12H16FNO2.